The molecule has 0 bridgehead atoms. The van der Waals surface area contributed by atoms with E-state index in [0.717, 1.165) is 31.6 Å². The molecule has 2 N–H and O–H groups in total. The van der Waals surface area contributed by atoms with Crippen LogP contribution in [0.25, 0.3) is 0 Å². The first-order valence-electron chi connectivity index (χ1n) is 7.14. The van der Waals surface area contributed by atoms with E-state index >= 15 is 0 Å². The minimum absolute atomic E-state index is 0.170. The third-order valence-corrected chi connectivity index (χ3v) is 4.53. The van der Waals surface area contributed by atoms with Gasteiger partial charge in [-0.3, -0.25) is 4.79 Å². The van der Waals surface area contributed by atoms with Gasteiger partial charge in [-0.05, 0) is 45.0 Å². The number of fused-ring (bicyclic) bond motifs is 2. The Balaban J connectivity index is 2.07. The van der Waals surface area contributed by atoms with Gasteiger partial charge in [0.2, 0.25) is 0 Å². The summed E-state index contributed by atoms with van der Waals surface area (Å²) < 4.78 is 39.8. The Kier molecular flexibility index (Phi) is 3.37. The lowest BCUT2D eigenvalue weighted by atomic mass is 9.83. The minimum Gasteiger partial charge on any atom is -0.336 e. The number of carbonyl (C=O) groups excluding carboxylic acids is 1. The van der Waals surface area contributed by atoms with Crippen LogP contribution in [-0.4, -0.2) is 36.2 Å². The predicted molar refractivity (Wildman–Crippen MR) is 71.3 cm³/mol. The molecule has 0 aromatic carbocycles. The summed E-state index contributed by atoms with van der Waals surface area (Å²) in [6.45, 7) is 4.03. The largest absolute Gasteiger partial charge is 0.456 e. The zero-order chi connectivity index (χ0) is 15.3. The number of nitrogens with zero attached hydrogens (tertiary/aromatic N) is 1. The van der Waals surface area contributed by atoms with Gasteiger partial charge in [-0.25, -0.2) is 0 Å². The molecule has 21 heavy (non-hydrogen) atoms. The highest BCUT2D eigenvalue weighted by Crippen LogP contribution is 2.38. The number of hydrogen-bond acceptors (Lipinski definition) is 3. The second-order valence-electron chi connectivity index (χ2n) is 5.86. The molecule has 1 fully saturated rings. The number of nitrogens with one attached hydrogen (secondary N) is 2. The lowest BCUT2D eigenvalue weighted by Crippen LogP contribution is -2.55. The maximum absolute atomic E-state index is 12.8. The summed E-state index contributed by atoms with van der Waals surface area (Å²) in [4.78, 5) is 11.6. The van der Waals surface area contributed by atoms with Crippen molar-refractivity contribution >= 4 is 5.78 Å². The monoisotopic (exact) mass is 301 g/mol. The molecule has 0 amide bonds. The van der Waals surface area contributed by atoms with Crippen molar-refractivity contribution in [3.63, 3.8) is 0 Å². The van der Waals surface area contributed by atoms with E-state index in [9.17, 15) is 18.0 Å². The highest BCUT2D eigenvalue weighted by molar-refractivity contribution is 5.99. The number of ketones is 1. The zero-order valence-corrected chi connectivity index (χ0v) is 11.8. The van der Waals surface area contributed by atoms with Crippen molar-refractivity contribution < 1.29 is 18.0 Å². The van der Waals surface area contributed by atoms with E-state index in [1.54, 1.807) is 10.6 Å². The Morgan fingerprint density at radius 2 is 2.00 bits per heavy atom. The van der Waals surface area contributed by atoms with E-state index in [4.69, 9.17) is 0 Å². The van der Waals surface area contributed by atoms with Crippen LogP contribution in [0.1, 0.15) is 42.0 Å². The molecule has 0 saturated carbocycles. The van der Waals surface area contributed by atoms with E-state index in [1.165, 1.54) is 6.07 Å². The number of alkyl halides is 3. The Bertz CT molecular complexity index is 558. The van der Waals surface area contributed by atoms with E-state index in [0.29, 0.717) is 6.54 Å². The maximum Gasteiger partial charge on any atom is 0.456 e. The normalized spacial score (nSPS) is 24.9. The van der Waals surface area contributed by atoms with Gasteiger partial charge < -0.3 is 15.2 Å². The fraction of sp³-hybridized carbons (Fsp3) is 0.643. The first-order chi connectivity index (χ1) is 9.85. The van der Waals surface area contributed by atoms with Gasteiger partial charge in [-0.1, -0.05) is 0 Å². The minimum atomic E-state index is -4.83. The summed E-state index contributed by atoms with van der Waals surface area (Å²) in [5.41, 5.74) is 0.238. The second-order valence-corrected chi connectivity index (χ2v) is 5.86. The van der Waals surface area contributed by atoms with Crippen LogP contribution in [0.2, 0.25) is 0 Å². The average molecular weight is 301 g/mol. The summed E-state index contributed by atoms with van der Waals surface area (Å²) in [5.74, 6) is -1.76. The van der Waals surface area contributed by atoms with Crippen LogP contribution in [-0.2, 0) is 5.54 Å². The van der Waals surface area contributed by atoms with Crippen molar-refractivity contribution in [3.8, 4) is 0 Å². The first kappa shape index (κ1) is 14.6. The van der Waals surface area contributed by atoms with Crippen molar-refractivity contribution in [2.45, 2.75) is 37.5 Å². The number of rotatable bonds is 1. The summed E-state index contributed by atoms with van der Waals surface area (Å²) >= 11 is 0. The van der Waals surface area contributed by atoms with E-state index in [-0.39, 0.29) is 17.3 Å². The standard InChI is InChI=1S/C14H18F3N3O/c1-9-8-19-13(4-6-18-7-5-13)11-3-2-10(20(9)11)12(21)14(15,16)17/h2-3,9,18-19H,4-8H2,1H3. The summed E-state index contributed by atoms with van der Waals surface area (Å²) in [7, 11) is 0. The Labute approximate surface area is 120 Å². The van der Waals surface area contributed by atoms with Crippen LogP contribution in [0.4, 0.5) is 13.2 Å². The average Bonchev–Trinajstić information content (AvgIpc) is 2.89. The molecule has 0 aliphatic carbocycles. The SMILES string of the molecule is CC1CNC2(CCNCC2)c2ccc(C(=O)C(F)(F)F)n21. The molecule has 4 nitrogen and oxygen atoms in total. The molecule has 2 aliphatic heterocycles. The molecule has 1 atom stereocenters. The molecule has 1 saturated heterocycles. The molecule has 3 rings (SSSR count). The van der Waals surface area contributed by atoms with Crippen LogP contribution in [0, 0.1) is 0 Å². The van der Waals surface area contributed by atoms with Gasteiger partial charge in [0.05, 0.1) is 11.2 Å². The first-order valence-corrected chi connectivity index (χ1v) is 7.14. The molecule has 7 heteroatoms. The van der Waals surface area contributed by atoms with Gasteiger partial charge in [-0.2, -0.15) is 13.2 Å². The summed E-state index contributed by atoms with van der Waals surface area (Å²) in [5, 5.41) is 6.73. The van der Waals surface area contributed by atoms with Gasteiger partial charge in [0, 0.05) is 18.3 Å². The van der Waals surface area contributed by atoms with Crippen LogP contribution in [0.5, 0.6) is 0 Å². The highest BCUT2D eigenvalue weighted by Gasteiger charge is 2.45. The molecule has 3 heterocycles. The number of Topliss-reactive ketones (excluding diaryl/α,β-unsaturated/α-hetero) is 1. The van der Waals surface area contributed by atoms with Gasteiger partial charge in [0.25, 0.3) is 5.78 Å². The molecule has 116 valence electrons. The third-order valence-electron chi connectivity index (χ3n) is 4.53. The third kappa shape index (κ3) is 2.28. The van der Waals surface area contributed by atoms with Crippen molar-refractivity contribution in [2.24, 2.45) is 0 Å². The van der Waals surface area contributed by atoms with Crippen molar-refractivity contribution in [3.05, 3.63) is 23.5 Å². The van der Waals surface area contributed by atoms with Crippen LogP contribution in [0.15, 0.2) is 12.1 Å². The van der Waals surface area contributed by atoms with E-state index in [1.807, 2.05) is 6.92 Å². The Hall–Kier alpha value is -1.34. The van der Waals surface area contributed by atoms with Crippen LogP contribution >= 0.6 is 0 Å². The van der Waals surface area contributed by atoms with Crippen LogP contribution < -0.4 is 10.6 Å². The summed E-state index contributed by atoms with van der Waals surface area (Å²) in [6.07, 6.45) is -3.21. The van der Waals surface area contributed by atoms with Crippen molar-refractivity contribution in [1.82, 2.24) is 15.2 Å². The number of carbonyl (C=O) groups is 1. The molecule has 1 aromatic rings. The van der Waals surface area contributed by atoms with Crippen molar-refractivity contribution in [2.75, 3.05) is 19.6 Å². The molecule has 1 aromatic heterocycles. The van der Waals surface area contributed by atoms with Gasteiger partial charge >= 0.3 is 6.18 Å². The van der Waals surface area contributed by atoms with Gasteiger partial charge in [0.15, 0.2) is 0 Å². The quantitative estimate of drug-likeness (QED) is 0.780. The molecular formula is C14H18F3N3O. The smallest absolute Gasteiger partial charge is 0.336 e. The van der Waals surface area contributed by atoms with Crippen molar-refractivity contribution in [1.29, 1.82) is 0 Å². The Morgan fingerprint density at radius 3 is 2.62 bits per heavy atom. The fourth-order valence-electron chi connectivity index (χ4n) is 3.45. The molecular weight excluding hydrogens is 283 g/mol. The zero-order valence-electron chi connectivity index (χ0n) is 11.8. The summed E-state index contributed by atoms with van der Waals surface area (Å²) in [6, 6.07) is 2.82. The molecule has 0 radical (unpaired) electrons. The number of piperidine rings is 1. The Morgan fingerprint density at radius 1 is 1.33 bits per heavy atom. The maximum atomic E-state index is 12.8. The molecule has 1 spiro atoms. The van der Waals surface area contributed by atoms with Crippen LogP contribution in [0.3, 0.4) is 0 Å². The predicted octanol–water partition coefficient (Wildman–Crippen LogP) is 1.98. The van der Waals surface area contributed by atoms with Gasteiger partial charge in [0.1, 0.15) is 0 Å². The number of halogens is 3. The lowest BCUT2D eigenvalue weighted by molar-refractivity contribution is -0.0892. The lowest BCUT2D eigenvalue weighted by Gasteiger charge is -2.45. The van der Waals surface area contributed by atoms with Gasteiger partial charge in [-0.15, -0.1) is 0 Å². The molecule has 1 unspecified atom stereocenters. The number of aromatic nitrogens is 1. The topological polar surface area (TPSA) is 46.1 Å². The highest BCUT2D eigenvalue weighted by atomic mass is 19.4. The number of hydrogen-bond donors (Lipinski definition) is 2. The van der Waals surface area contributed by atoms with E-state index < -0.39 is 12.0 Å². The fourth-order valence-corrected chi connectivity index (χ4v) is 3.45. The second kappa shape index (κ2) is 4.84. The molecule has 2 aliphatic rings. The van der Waals surface area contributed by atoms with E-state index in [2.05, 4.69) is 10.6 Å².